The molecule has 0 unspecified atom stereocenters. The van der Waals surface area contributed by atoms with Crippen LogP contribution in [0, 0.1) is 0 Å². The minimum absolute atomic E-state index is 0.174. The third-order valence-electron chi connectivity index (χ3n) is 4.56. The summed E-state index contributed by atoms with van der Waals surface area (Å²) in [6.07, 6.45) is 0. The molecular weight excluding hydrogens is 398 g/mol. The van der Waals surface area contributed by atoms with Gasteiger partial charge in [-0.3, -0.25) is 4.79 Å². The standard InChI is InChI=1S/C24H25NO6/c1-27-18-8-5-7-17(13-18)25-23(26)15-31-20-12-16(11-19(14-20)28-2)24-21(29-3)9-6-10-22(24)30-4/h5-14H,15H2,1-4H3,(H,25,26). The largest absolute Gasteiger partial charge is 0.497 e. The van der Waals surface area contributed by atoms with Crippen LogP contribution < -0.4 is 29.0 Å². The number of nitrogens with one attached hydrogen (secondary N) is 1. The number of amides is 1. The van der Waals surface area contributed by atoms with E-state index in [1.807, 2.05) is 30.3 Å². The van der Waals surface area contributed by atoms with Gasteiger partial charge in [-0.05, 0) is 42.0 Å². The van der Waals surface area contributed by atoms with Gasteiger partial charge >= 0.3 is 0 Å². The Kier molecular flexibility index (Phi) is 7.22. The number of anilines is 1. The van der Waals surface area contributed by atoms with Crippen LogP contribution in [0.3, 0.4) is 0 Å². The van der Waals surface area contributed by atoms with Crippen molar-refractivity contribution in [2.75, 3.05) is 40.4 Å². The van der Waals surface area contributed by atoms with Crippen LogP contribution >= 0.6 is 0 Å². The Morgan fingerprint density at radius 2 is 1.39 bits per heavy atom. The summed E-state index contributed by atoms with van der Waals surface area (Å²) in [6, 6.07) is 18.0. The maximum atomic E-state index is 12.3. The fraction of sp³-hybridized carbons (Fsp3) is 0.208. The molecule has 0 aliphatic carbocycles. The van der Waals surface area contributed by atoms with Crippen LogP contribution in [0.5, 0.6) is 28.7 Å². The van der Waals surface area contributed by atoms with Crippen LogP contribution in [0.1, 0.15) is 0 Å². The van der Waals surface area contributed by atoms with E-state index < -0.39 is 0 Å². The van der Waals surface area contributed by atoms with Gasteiger partial charge in [0.1, 0.15) is 28.7 Å². The summed E-state index contributed by atoms with van der Waals surface area (Å²) >= 11 is 0. The lowest BCUT2D eigenvalue weighted by molar-refractivity contribution is -0.118. The van der Waals surface area contributed by atoms with Crippen LogP contribution in [0.2, 0.25) is 0 Å². The first kappa shape index (κ1) is 21.8. The number of rotatable bonds is 9. The molecule has 0 saturated carbocycles. The number of hydrogen-bond acceptors (Lipinski definition) is 6. The van der Waals surface area contributed by atoms with Crippen LogP contribution in [-0.2, 0) is 4.79 Å². The van der Waals surface area contributed by atoms with E-state index in [4.69, 9.17) is 23.7 Å². The Morgan fingerprint density at radius 3 is 2.03 bits per heavy atom. The highest BCUT2D eigenvalue weighted by molar-refractivity contribution is 5.92. The molecule has 7 nitrogen and oxygen atoms in total. The fourth-order valence-corrected chi connectivity index (χ4v) is 3.10. The van der Waals surface area contributed by atoms with Crippen LogP contribution in [-0.4, -0.2) is 41.0 Å². The molecule has 31 heavy (non-hydrogen) atoms. The number of carbonyl (C=O) groups excluding carboxylic acids is 1. The van der Waals surface area contributed by atoms with Crippen LogP contribution in [0.25, 0.3) is 11.1 Å². The van der Waals surface area contributed by atoms with Gasteiger partial charge < -0.3 is 29.0 Å². The lowest BCUT2D eigenvalue weighted by atomic mass is 10.0. The molecule has 0 heterocycles. The number of methoxy groups -OCH3 is 4. The predicted molar refractivity (Wildman–Crippen MR) is 119 cm³/mol. The van der Waals surface area contributed by atoms with E-state index >= 15 is 0 Å². The Labute approximate surface area is 181 Å². The molecule has 7 heteroatoms. The molecule has 162 valence electrons. The highest BCUT2D eigenvalue weighted by atomic mass is 16.5. The van der Waals surface area contributed by atoms with Gasteiger partial charge in [0.05, 0.1) is 34.0 Å². The monoisotopic (exact) mass is 423 g/mol. The summed E-state index contributed by atoms with van der Waals surface area (Å²) < 4.78 is 27.3. The number of carbonyl (C=O) groups is 1. The predicted octanol–water partition coefficient (Wildman–Crippen LogP) is 4.41. The molecule has 0 fully saturated rings. The third-order valence-corrected chi connectivity index (χ3v) is 4.56. The third kappa shape index (κ3) is 5.39. The van der Waals surface area contributed by atoms with Crippen molar-refractivity contribution < 1.29 is 28.5 Å². The van der Waals surface area contributed by atoms with Crippen LogP contribution in [0.15, 0.2) is 60.7 Å². The van der Waals surface area contributed by atoms with Crippen molar-refractivity contribution in [3.05, 3.63) is 60.7 Å². The number of benzene rings is 3. The van der Waals surface area contributed by atoms with Gasteiger partial charge in [-0.2, -0.15) is 0 Å². The molecule has 1 N–H and O–H groups in total. The second-order valence-electron chi connectivity index (χ2n) is 6.50. The van der Waals surface area contributed by atoms with Crippen LogP contribution in [0.4, 0.5) is 5.69 Å². The van der Waals surface area contributed by atoms with Gasteiger partial charge in [-0.1, -0.05) is 12.1 Å². The molecule has 0 aliphatic rings. The van der Waals surface area contributed by atoms with Crippen molar-refractivity contribution in [1.29, 1.82) is 0 Å². The van der Waals surface area contributed by atoms with E-state index in [-0.39, 0.29) is 12.5 Å². The summed E-state index contributed by atoms with van der Waals surface area (Å²) in [5, 5.41) is 2.78. The molecule has 1 amide bonds. The number of hydrogen-bond donors (Lipinski definition) is 1. The second kappa shape index (κ2) is 10.2. The van der Waals surface area contributed by atoms with Crippen molar-refractivity contribution in [3.63, 3.8) is 0 Å². The molecule has 3 aromatic carbocycles. The Bertz CT molecular complexity index is 1030. The number of ether oxygens (including phenoxy) is 5. The Hall–Kier alpha value is -3.87. The summed E-state index contributed by atoms with van der Waals surface area (Å²) in [7, 11) is 6.33. The molecule has 0 bridgehead atoms. The minimum atomic E-state index is -0.299. The first-order valence-electron chi connectivity index (χ1n) is 9.55. The zero-order chi connectivity index (χ0) is 22.2. The van der Waals surface area contributed by atoms with Crippen molar-refractivity contribution in [2.24, 2.45) is 0 Å². The molecule has 0 spiro atoms. The zero-order valence-electron chi connectivity index (χ0n) is 17.9. The van der Waals surface area contributed by atoms with Gasteiger partial charge in [-0.15, -0.1) is 0 Å². The minimum Gasteiger partial charge on any atom is -0.497 e. The Morgan fingerprint density at radius 1 is 0.742 bits per heavy atom. The van der Waals surface area contributed by atoms with E-state index in [1.54, 1.807) is 58.8 Å². The van der Waals surface area contributed by atoms with Crippen molar-refractivity contribution in [2.45, 2.75) is 0 Å². The quantitative estimate of drug-likeness (QED) is 0.550. The highest BCUT2D eigenvalue weighted by Crippen LogP contribution is 2.41. The van der Waals surface area contributed by atoms with E-state index in [1.165, 1.54) is 0 Å². The zero-order valence-corrected chi connectivity index (χ0v) is 17.9. The molecule has 0 radical (unpaired) electrons. The summed E-state index contributed by atoms with van der Waals surface area (Å²) in [5.74, 6) is 2.70. The van der Waals surface area contributed by atoms with Gasteiger partial charge in [0.2, 0.25) is 0 Å². The highest BCUT2D eigenvalue weighted by Gasteiger charge is 2.15. The fourth-order valence-electron chi connectivity index (χ4n) is 3.10. The first-order chi connectivity index (χ1) is 15.1. The van der Waals surface area contributed by atoms with Gasteiger partial charge in [0, 0.05) is 17.8 Å². The van der Waals surface area contributed by atoms with E-state index in [0.717, 1.165) is 11.1 Å². The SMILES string of the molecule is COc1cccc(NC(=O)COc2cc(OC)cc(-c3c(OC)cccc3OC)c2)c1. The maximum Gasteiger partial charge on any atom is 0.262 e. The van der Waals surface area contributed by atoms with Gasteiger partial charge in [0.25, 0.3) is 5.91 Å². The average molecular weight is 423 g/mol. The van der Waals surface area contributed by atoms with E-state index in [0.29, 0.717) is 34.4 Å². The van der Waals surface area contributed by atoms with Gasteiger partial charge in [0.15, 0.2) is 6.61 Å². The van der Waals surface area contributed by atoms with Gasteiger partial charge in [-0.25, -0.2) is 0 Å². The molecule has 3 aromatic rings. The summed E-state index contributed by atoms with van der Waals surface area (Å²) in [5.41, 5.74) is 2.16. The second-order valence-corrected chi connectivity index (χ2v) is 6.50. The molecule has 0 aromatic heterocycles. The Balaban J connectivity index is 1.81. The first-order valence-corrected chi connectivity index (χ1v) is 9.55. The molecular formula is C24H25NO6. The molecule has 3 rings (SSSR count). The molecule has 0 atom stereocenters. The van der Waals surface area contributed by atoms with Crippen molar-refractivity contribution in [1.82, 2.24) is 0 Å². The summed E-state index contributed by atoms with van der Waals surface area (Å²) in [4.78, 5) is 12.3. The van der Waals surface area contributed by atoms with Crippen molar-refractivity contribution in [3.8, 4) is 39.9 Å². The lowest BCUT2D eigenvalue weighted by Gasteiger charge is -2.16. The normalized spacial score (nSPS) is 10.2. The topological polar surface area (TPSA) is 75.3 Å². The summed E-state index contributed by atoms with van der Waals surface area (Å²) in [6.45, 7) is -0.174. The molecule has 0 saturated heterocycles. The average Bonchev–Trinajstić information content (AvgIpc) is 2.81. The smallest absolute Gasteiger partial charge is 0.262 e. The van der Waals surface area contributed by atoms with E-state index in [9.17, 15) is 4.79 Å². The maximum absolute atomic E-state index is 12.3. The molecule has 0 aliphatic heterocycles. The van der Waals surface area contributed by atoms with Crippen molar-refractivity contribution >= 4 is 11.6 Å². The lowest BCUT2D eigenvalue weighted by Crippen LogP contribution is -2.20. The van der Waals surface area contributed by atoms with E-state index in [2.05, 4.69) is 5.32 Å².